The van der Waals surface area contributed by atoms with Crippen LogP contribution in [0.2, 0.25) is 0 Å². The summed E-state index contributed by atoms with van der Waals surface area (Å²) in [6, 6.07) is 9.97. The number of hydrogen-bond acceptors (Lipinski definition) is 7. The molecule has 2 aromatic heterocycles. The number of carbonyl (C=O) groups is 2. The normalized spacial score (nSPS) is 11.5. The van der Waals surface area contributed by atoms with Crippen molar-refractivity contribution in [2.75, 3.05) is 12.4 Å². The average molecular weight is 449 g/mol. The molecule has 0 aliphatic carbocycles. The molecule has 164 valence electrons. The Bertz CT molecular complexity index is 1110. The van der Waals surface area contributed by atoms with Crippen molar-refractivity contribution in [3.05, 3.63) is 59.7 Å². The van der Waals surface area contributed by atoms with Crippen LogP contribution < -0.4 is 10.6 Å². The first kappa shape index (κ1) is 22.9. The van der Waals surface area contributed by atoms with E-state index in [0.717, 1.165) is 27.0 Å². The van der Waals surface area contributed by atoms with Crippen molar-refractivity contribution in [2.24, 2.45) is 5.92 Å². The lowest BCUT2D eigenvalue weighted by atomic mass is 10.0. The SMILES string of the molecule is CC(C)C[C@H](NC(=O)c1ccc(Nc2nc(-c3ccncc3)cs2)cc1)C(=O)N(C)C#N. The van der Waals surface area contributed by atoms with E-state index in [9.17, 15) is 9.59 Å². The maximum Gasteiger partial charge on any atom is 0.257 e. The van der Waals surface area contributed by atoms with Crippen LogP contribution in [0.25, 0.3) is 11.3 Å². The number of nitrogens with zero attached hydrogens (tertiary/aromatic N) is 4. The molecule has 3 aromatic rings. The first-order valence-corrected chi connectivity index (χ1v) is 11.0. The topological polar surface area (TPSA) is 111 Å². The Labute approximate surface area is 190 Å². The van der Waals surface area contributed by atoms with Gasteiger partial charge in [0.15, 0.2) is 11.3 Å². The van der Waals surface area contributed by atoms with E-state index < -0.39 is 11.9 Å². The fourth-order valence-corrected chi connectivity index (χ4v) is 3.77. The second-order valence-corrected chi connectivity index (χ2v) is 8.49. The quantitative estimate of drug-likeness (QED) is 0.398. The Morgan fingerprint density at radius 1 is 1.16 bits per heavy atom. The molecule has 2 amide bonds. The predicted molar refractivity (Wildman–Crippen MR) is 124 cm³/mol. The summed E-state index contributed by atoms with van der Waals surface area (Å²) < 4.78 is 0. The summed E-state index contributed by atoms with van der Waals surface area (Å²) >= 11 is 1.48. The van der Waals surface area contributed by atoms with Crippen molar-refractivity contribution < 1.29 is 9.59 Å². The molecule has 2 heterocycles. The first-order chi connectivity index (χ1) is 15.4. The molecule has 3 rings (SSSR count). The Morgan fingerprint density at radius 2 is 1.84 bits per heavy atom. The van der Waals surface area contributed by atoms with Crippen LogP contribution >= 0.6 is 11.3 Å². The van der Waals surface area contributed by atoms with Gasteiger partial charge in [-0.25, -0.2) is 4.98 Å². The number of anilines is 2. The lowest BCUT2D eigenvalue weighted by molar-refractivity contribution is -0.129. The lowest BCUT2D eigenvalue weighted by Gasteiger charge is -2.21. The van der Waals surface area contributed by atoms with Crippen molar-refractivity contribution in [2.45, 2.75) is 26.3 Å². The number of carbonyl (C=O) groups excluding carboxylic acids is 2. The average Bonchev–Trinajstić information content (AvgIpc) is 3.26. The van der Waals surface area contributed by atoms with Gasteiger partial charge in [0.05, 0.1) is 5.69 Å². The highest BCUT2D eigenvalue weighted by molar-refractivity contribution is 7.14. The van der Waals surface area contributed by atoms with Gasteiger partial charge in [0, 0.05) is 41.6 Å². The van der Waals surface area contributed by atoms with Gasteiger partial charge in [0.25, 0.3) is 11.8 Å². The van der Waals surface area contributed by atoms with Gasteiger partial charge in [-0.05, 0) is 48.7 Å². The molecule has 0 fully saturated rings. The number of benzene rings is 1. The highest BCUT2D eigenvalue weighted by Gasteiger charge is 2.25. The number of nitriles is 1. The standard InChI is InChI=1S/C23H24N6O2S/c1-15(2)12-19(22(31)29(3)14-24)27-21(30)17-4-6-18(7-5-17)26-23-28-20(13-32-23)16-8-10-25-11-9-16/h4-11,13,15,19H,12H2,1-3H3,(H,26,28)(H,27,30)/t19-/m0/s1. The van der Waals surface area contributed by atoms with E-state index in [4.69, 9.17) is 5.26 Å². The molecule has 0 aliphatic heterocycles. The van der Waals surface area contributed by atoms with Gasteiger partial charge in [-0.1, -0.05) is 13.8 Å². The van der Waals surface area contributed by atoms with Crippen molar-refractivity contribution in [3.63, 3.8) is 0 Å². The number of pyridine rings is 1. The van der Waals surface area contributed by atoms with Gasteiger partial charge in [-0.15, -0.1) is 11.3 Å². The first-order valence-electron chi connectivity index (χ1n) is 10.1. The number of rotatable bonds is 8. The maximum absolute atomic E-state index is 12.7. The third-order valence-electron chi connectivity index (χ3n) is 4.67. The molecule has 1 atom stereocenters. The van der Waals surface area contributed by atoms with Crippen LogP contribution in [-0.2, 0) is 4.79 Å². The summed E-state index contributed by atoms with van der Waals surface area (Å²) in [5.74, 6) is -0.615. The molecular formula is C23H24N6O2S. The van der Waals surface area contributed by atoms with Crippen molar-refractivity contribution >= 4 is 34.0 Å². The minimum absolute atomic E-state index is 0.179. The smallest absolute Gasteiger partial charge is 0.257 e. The number of amides is 2. The zero-order chi connectivity index (χ0) is 23.1. The van der Waals surface area contributed by atoms with E-state index in [1.165, 1.54) is 18.4 Å². The molecule has 0 saturated carbocycles. The Morgan fingerprint density at radius 3 is 2.47 bits per heavy atom. The minimum atomic E-state index is -0.758. The van der Waals surface area contributed by atoms with Crippen molar-refractivity contribution in [1.29, 1.82) is 5.26 Å². The third kappa shape index (κ3) is 5.89. The number of aromatic nitrogens is 2. The monoisotopic (exact) mass is 448 g/mol. The molecule has 8 nitrogen and oxygen atoms in total. The summed E-state index contributed by atoms with van der Waals surface area (Å²) in [7, 11) is 1.39. The van der Waals surface area contributed by atoms with Gasteiger partial charge in [0.2, 0.25) is 0 Å². The largest absolute Gasteiger partial charge is 0.340 e. The molecule has 0 aliphatic rings. The Balaban J connectivity index is 1.65. The number of thiazole rings is 1. The van der Waals surface area contributed by atoms with Gasteiger partial charge in [-0.3, -0.25) is 19.5 Å². The van der Waals surface area contributed by atoms with Gasteiger partial charge >= 0.3 is 0 Å². The highest BCUT2D eigenvalue weighted by atomic mass is 32.1. The zero-order valence-corrected chi connectivity index (χ0v) is 18.9. The summed E-state index contributed by atoms with van der Waals surface area (Å²) in [6.07, 6.45) is 5.69. The number of nitrogens with one attached hydrogen (secondary N) is 2. The van der Waals surface area contributed by atoms with E-state index in [1.807, 2.05) is 31.4 Å². The third-order valence-corrected chi connectivity index (χ3v) is 5.43. The Kier molecular flexibility index (Phi) is 7.52. The fourth-order valence-electron chi connectivity index (χ4n) is 3.03. The van der Waals surface area contributed by atoms with Gasteiger partial charge in [-0.2, -0.15) is 5.26 Å². The molecular weight excluding hydrogens is 424 g/mol. The van der Waals surface area contributed by atoms with E-state index in [-0.39, 0.29) is 11.8 Å². The van der Waals surface area contributed by atoms with Crippen molar-refractivity contribution in [1.82, 2.24) is 20.2 Å². The van der Waals surface area contributed by atoms with Crippen LogP contribution in [0.4, 0.5) is 10.8 Å². The molecule has 1 aromatic carbocycles. The molecule has 0 unspecified atom stereocenters. The second kappa shape index (κ2) is 10.5. The van der Waals surface area contributed by atoms with Crippen LogP contribution in [0.1, 0.15) is 30.6 Å². The molecule has 0 bridgehead atoms. The highest BCUT2D eigenvalue weighted by Crippen LogP contribution is 2.26. The zero-order valence-electron chi connectivity index (χ0n) is 18.1. The minimum Gasteiger partial charge on any atom is -0.340 e. The van der Waals surface area contributed by atoms with E-state index >= 15 is 0 Å². The van der Waals surface area contributed by atoms with Crippen LogP contribution in [0.15, 0.2) is 54.2 Å². The van der Waals surface area contributed by atoms with Crippen LogP contribution in [0.5, 0.6) is 0 Å². The van der Waals surface area contributed by atoms with Crippen LogP contribution in [0.3, 0.4) is 0 Å². The second-order valence-electron chi connectivity index (χ2n) is 7.63. The fraction of sp³-hybridized carbons (Fsp3) is 0.261. The number of hydrogen-bond donors (Lipinski definition) is 2. The van der Waals surface area contributed by atoms with E-state index in [1.54, 1.807) is 42.9 Å². The van der Waals surface area contributed by atoms with Crippen molar-refractivity contribution in [3.8, 4) is 17.5 Å². The summed E-state index contributed by atoms with van der Waals surface area (Å²) in [4.78, 5) is 34.6. The molecule has 9 heteroatoms. The molecule has 0 saturated heterocycles. The predicted octanol–water partition coefficient (Wildman–Crippen LogP) is 4.03. The maximum atomic E-state index is 12.7. The lowest BCUT2D eigenvalue weighted by Crippen LogP contribution is -2.46. The summed E-state index contributed by atoms with van der Waals surface area (Å²) in [6.45, 7) is 3.91. The van der Waals surface area contributed by atoms with Gasteiger partial charge in [0.1, 0.15) is 6.04 Å². The molecule has 0 spiro atoms. The summed E-state index contributed by atoms with van der Waals surface area (Å²) in [5.41, 5.74) is 3.06. The van der Waals surface area contributed by atoms with Crippen LogP contribution in [0, 0.1) is 17.4 Å². The number of likely N-dealkylation sites (N-methyl/N-ethyl adjacent to an activating group) is 1. The van der Waals surface area contributed by atoms with Gasteiger partial charge < -0.3 is 10.6 Å². The van der Waals surface area contributed by atoms with Crippen LogP contribution in [-0.4, -0.2) is 39.8 Å². The summed E-state index contributed by atoms with van der Waals surface area (Å²) in [5, 5.41) is 17.7. The van der Waals surface area contributed by atoms with E-state index in [2.05, 4.69) is 20.6 Å². The molecule has 32 heavy (non-hydrogen) atoms. The Hall–Kier alpha value is -3.77. The van der Waals surface area contributed by atoms with E-state index in [0.29, 0.717) is 12.0 Å². The molecule has 0 radical (unpaired) electrons. The molecule has 2 N–H and O–H groups in total.